The summed E-state index contributed by atoms with van der Waals surface area (Å²) < 4.78 is 0.567. The molecular formula is C22H19N3O5S. The van der Waals surface area contributed by atoms with Crippen molar-refractivity contribution in [1.82, 2.24) is 9.97 Å². The van der Waals surface area contributed by atoms with Crippen molar-refractivity contribution in [2.75, 3.05) is 4.90 Å². The van der Waals surface area contributed by atoms with Crippen LogP contribution in [-0.2, 0) is 9.59 Å². The van der Waals surface area contributed by atoms with Gasteiger partial charge in [0.2, 0.25) is 0 Å². The normalized spacial score (nSPS) is 16.9. The highest BCUT2D eigenvalue weighted by molar-refractivity contribution is 7.22. The zero-order valence-corrected chi connectivity index (χ0v) is 17.8. The number of Topliss-reactive ketones (excluding diaryl/α,β-unsaturated/α-hetero) is 1. The number of amides is 1. The quantitative estimate of drug-likeness (QED) is 0.635. The Morgan fingerprint density at radius 1 is 1.16 bits per heavy atom. The van der Waals surface area contributed by atoms with Gasteiger partial charge in [0.1, 0.15) is 6.04 Å². The highest BCUT2D eigenvalue weighted by Gasteiger charge is 2.48. The van der Waals surface area contributed by atoms with Crippen molar-refractivity contribution < 1.29 is 24.6 Å². The number of pyridine rings is 1. The number of carbonyl (C=O) groups is 3. The maximum Gasteiger partial charge on any atom is 0.335 e. The fraction of sp³-hybridized carbons (Fsp3) is 0.227. The standard InChI is InChI=1S/C22H19N3O5S/c1-22(2,3)18(27)15-16(13-6-4-5-9-23-13)25(19(28)17(15)26)21-24-12-8-7-11(20(29)30)10-14(12)31-21/h4-10,16,26H,1-3H3,(H,29,30). The van der Waals surface area contributed by atoms with Gasteiger partial charge in [-0.05, 0) is 30.3 Å². The maximum absolute atomic E-state index is 13.2. The lowest BCUT2D eigenvalue weighted by molar-refractivity contribution is -0.123. The first-order valence-electron chi connectivity index (χ1n) is 9.46. The minimum absolute atomic E-state index is 0.0262. The van der Waals surface area contributed by atoms with Crippen LogP contribution in [0.1, 0.15) is 42.9 Å². The first-order chi connectivity index (χ1) is 14.6. The van der Waals surface area contributed by atoms with E-state index in [0.29, 0.717) is 15.9 Å². The van der Waals surface area contributed by atoms with E-state index in [-0.39, 0.29) is 22.1 Å². The van der Waals surface area contributed by atoms with Crippen molar-refractivity contribution in [3.05, 3.63) is 65.2 Å². The molecule has 1 atom stereocenters. The van der Waals surface area contributed by atoms with Gasteiger partial charge in [0.05, 0.1) is 27.0 Å². The molecule has 158 valence electrons. The van der Waals surface area contributed by atoms with Crippen LogP contribution in [0.4, 0.5) is 5.13 Å². The Morgan fingerprint density at radius 2 is 1.90 bits per heavy atom. The second-order valence-corrected chi connectivity index (χ2v) is 9.17. The lowest BCUT2D eigenvalue weighted by Crippen LogP contribution is -2.33. The minimum atomic E-state index is -1.07. The molecule has 1 amide bonds. The molecule has 2 aromatic heterocycles. The summed E-state index contributed by atoms with van der Waals surface area (Å²) in [5.74, 6) is -2.81. The van der Waals surface area contributed by atoms with Crippen LogP contribution < -0.4 is 4.90 Å². The number of aromatic nitrogens is 2. The van der Waals surface area contributed by atoms with Crippen LogP contribution in [0.2, 0.25) is 0 Å². The molecular weight excluding hydrogens is 418 g/mol. The van der Waals surface area contributed by atoms with E-state index in [1.54, 1.807) is 51.2 Å². The molecule has 2 N–H and O–H groups in total. The molecule has 0 aliphatic carbocycles. The van der Waals surface area contributed by atoms with Gasteiger partial charge in [0.25, 0.3) is 5.91 Å². The third-order valence-corrected chi connectivity index (χ3v) is 5.95. The number of thiazole rings is 1. The number of fused-ring (bicyclic) bond motifs is 1. The number of carboxylic acids is 1. The molecule has 1 unspecified atom stereocenters. The highest BCUT2D eigenvalue weighted by Crippen LogP contribution is 2.44. The number of benzene rings is 1. The molecule has 3 aromatic rings. The molecule has 31 heavy (non-hydrogen) atoms. The molecule has 9 heteroatoms. The lowest BCUT2D eigenvalue weighted by atomic mass is 9.83. The topological polar surface area (TPSA) is 121 Å². The Balaban J connectivity index is 1.89. The molecule has 0 saturated heterocycles. The molecule has 1 aromatic carbocycles. The molecule has 0 bridgehead atoms. The SMILES string of the molecule is CC(C)(C)C(=O)C1=C(O)C(=O)N(c2nc3ccc(C(=O)O)cc3s2)C1c1ccccn1. The van der Waals surface area contributed by atoms with Crippen LogP contribution in [0.25, 0.3) is 10.2 Å². The summed E-state index contributed by atoms with van der Waals surface area (Å²) in [6.07, 6.45) is 1.55. The third kappa shape index (κ3) is 3.46. The summed E-state index contributed by atoms with van der Waals surface area (Å²) in [5, 5.41) is 20.2. The van der Waals surface area contributed by atoms with Crippen LogP contribution in [-0.4, -0.2) is 37.8 Å². The van der Waals surface area contributed by atoms with Gasteiger partial charge in [0.15, 0.2) is 16.7 Å². The molecule has 0 fully saturated rings. The van der Waals surface area contributed by atoms with E-state index in [1.165, 1.54) is 17.0 Å². The van der Waals surface area contributed by atoms with Crippen molar-refractivity contribution in [2.45, 2.75) is 26.8 Å². The van der Waals surface area contributed by atoms with Crippen molar-refractivity contribution in [3.8, 4) is 0 Å². The number of aliphatic hydroxyl groups excluding tert-OH is 1. The number of hydrogen-bond donors (Lipinski definition) is 2. The first-order valence-corrected chi connectivity index (χ1v) is 10.3. The Kier molecular flexibility index (Phi) is 4.85. The van der Waals surface area contributed by atoms with E-state index in [1.807, 2.05) is 0 Å². The van der Waals surface area contributed by atoms with Gasteiger partial charge < -0.3 is 10.2 Å². The fourth-order valence-electron chi connectivity index (χ4n) is 3.40. The van der Waals surface area contributed by atoms with Crippen molar-refractivity contribution >= 4 is 44.3 Å². The number of aliphatic hydroxyl groups is 1. The molecule has 0 radical (unpaired) electrons. The van der Waals surface area contributed by atoms with E-state index in [9.17, 15) is 24.6 Å². The monoisotopic (exact) mass is 437 g/mol. The van der Waals surface area contributed by atoms with Gasteiger partial charge in [-0.1, -0.05) is 38.2 Å². The van der Waals surface area contributed by atoms with Gasteiger partial charge in [-0.15, -0.1) is 0 Å². The van der Waals surface area contributed by atoms with E-state index < -0.39 is 29.1 Å². The summed E-state index contributed by atoms with van der Waals surface area (Å²) in [6.45, 7) is 5.13. The third-order valence-electron chi connectivity index (χ3n) is 4.93. The van der Waals surface area contributed by atoms with Crippen molar-refractivity contribution in [2.24, 2.45) is 5.41 Å². The number of hydrogen-bond acceptors (Lipinski definition) is 7. The second-order valence-electron chi connectivity index (χ2n) is 8.16. The summed E-state index contributed by atoms with van der Waals surface area (Å²) in [6, 6.07) is 8.64. The predicted octanol–water partition coefficient (Wildman–Crippen LogP) is 3.90. The minimum Gasteiger partial charge on any atom is -0.503 e. The highest BCUT2D eigenvalue weighted by atomic mass is 32.1. The molecule has 3 heterocycles. The Hall–Kier alpha value is -3.59. The molecule has 1 aliphatic rings. The predicted molar refractivity (Wildman–Crippen MR) is 115 cm³/mol. The smallest absolute Gasteiger partial charge is 0.335 e. The number of ketones is 1. The van der Waals surface area contributed by atoms with Crippen LogP contribution in [0.15, 0.2) is 53.9 Å². The summed E-state index contributed by atoms with van der Waals surface area (Å²) >= 11 is 1.11. The molecule has 8 nitrogen and oxygen atoms in total. The Morgan fingerprint density at radius 3 is 2.52 bits per heavy atom. The molecule has 0 saturated carbocycles. The average Bonchev–Trinajstić information content (AvgIpc) is 3.25. The molecule has 0 spiro atoms. The van der Waals surface area contributed by atoms with Crippen LogP contribution in [0.5, 0.6) is 0 Å². The second kappa shape index (κ2) is 7.28. The molecule has 4 rings (SSSR count). The number of anilines is 1. The zero-order valence-electron chi connectivity index (χ0n) is 17.0. The molecule has 1 aliphatic heterocycles. The van der Waals surface area contributed by atoms with E-state index in [2.05, 4.69) is 9.97 Å². The van der Waals surface area contributed by atoms with Crippen molar-refractivity contribution in [1.29, 1.82) is 0 Å². The summed E-state index contributed by atoms with van der Waals surface area (Å²) in [5.41, 5.74) is 0.157. The first kappa shape index (κ1) is 20.7. The largest absolute Gasteiger partial charge is 0.503 e. The van der Waals surface area contributed by atoms with Gasteiger partial charge >= 0.3 is 5.97 Å². The van der Waals surface area contributed by atoms with Gasteiger partial charge in [-0.2, -0.15) is 0 Å². The number of carboxylic acid groups (broad SMARTS) is 1. The summed E-state index contributed by atoms with van der Waals surface area (Å²) in [4.78, 5) is 47.6. The van der Waals surface area contributed by atoms with Gasteiger partial charge in [-0.3, -0.25) is 19.5 Å². The van der Waals surface area contributed by atoms with E-state index in [0.717, 1.165) is 11.3 Å². The van der Waals surface area contributed by atoms with E-state index in [4.69, 9.17) is 0 Å². The summed E-state index contributed by atoms with van der Waals surface area (Å²) in [7, 11) is 0. The number of nitrogens with zero attached hydrogens (tertiary/aromatic N) is 3. The van der Waals surface area contributed by atoms with Crippen LogP contribution in [0, 0.1) is 5.41 Å². The van der Waals surface area contributed by atoms with Crippen molar-refractivity contribution in [3.63, 3.8) is 0 Å². The lowest BCUT2D eigenvalue weighted by Gasteiger charge is -2.26. The number of aromatic carboxylic acids is 1. The van der Waals surface area contributed by atoms with Gasteiger partial charge in [-0.25, -0.2) is 9.78 Å². The Labute approximate surface area is 181 Å². The maximum atomic E-state index is 13.2. The van der Waals surface area contributed by atoms with Crippen LogP contribution >= 0.6 is 11.3 Å². The average molecular weight is 437 g/mol. The number of carbonyl (C=O) groups excluding carboxylic acids is 2. The van der Waals surface area contributed by atoms with E-state index >= 15 is 0 Å². The number of rotatable bonds is 4. The van der Waals surface area contributed by atoms with Gasteiger partial charge in [0, 0.05) is 11.6 Å². The Bertz CT molecular complexity index is 1260. The van der Waals surface area contributed by atoms with Crippen LogP contribution in [0.3, 0.4) is 0 Å². The fourth-order valence-corrected chi connectivity index (χ4v) is 4.44. The zero-order chi connectivity index (χ0) is 22.5.